The SMILES string of the molecule is CCc1ccc(CC(=O)N2CCC(Oc3nc4c(Cl)cccc4s3)CC2)cc1. The molecular weight excluding hydrogens is 392 g/mol. The number of aryl methyl sites for hydroxylation is 1. The first-order valence-corrected chi connectivity index (χ1v) is 10.9. The molecule has 0 bridgehead atoms. The fraction of sp³-hybridized carbons (Fsp3) is 0.364. The van der Waals surface area contributed by atoms with Crippen LogP contribution in [0.5, 0.6) is 5.19 Å². The van der Waals surface area contributed by atoms with Gasteiger partial charge in [-0.2, -0.15) is 0 Å². The maximum absolute atomic E-state index is 12.6. The summed E-state index contributed by atoms with van der Waals surface area (Å²) in [5.74, 6) is 0.189. The smallest absolute Gasteiger partial charge is 0.274 e. The third-order valence-electron chi connectivity index (χ3n) is 5.20. The molecule has 4 nitrogen and oxygen atoms in total. The largest absolute Gasteiger partial charge is 0.467 e. The van der Waals surface area contributed by atoms with Gasteiger partial charge in [-0.3, -0.25) is 4.79 Å². The maximum atomic E-state index is 12.6. The Hall–Kier alpha value is -2.11. The first kappa shape index (κ1) is 19.2. The number of fused-ring (bicyclic) bond motifs is 1. The Morgan fingerprint density at radius 3 is 2.57 bits per heavy atom. The molecule has 4 rings (SSSR count). The molecule has 6 heteroatoms. The zero-order valence-corrected chi connectivity index (χ0v) is 17.4. The van der Waals surface area contributed by atoms with Gasteiger partial charge in [0.1, 0.15) is 11.6 Å². The third-order valence-corrected chi connectivity index (χ3v) is 6.42. The van der Waals surface area contributed by atoms with Gasteiger partial charge >= 0.3 is 0 Å². The van der Waals surface area contributed by atoms with E-state index in [1.54, 1.807) is 0 Å². The van der Waals surface area contributed by atoms with Crippen LogP contribution in [0.4, 0.5) is 0 Å². The van der Waals surface area contributed by atoms with Gasteiger partial charge in [-0.25, -0.2) is 4.98 Å². The van der Waals surface area contributed by atoms with Crippen molar-refractivity contribution in [2.24, 2.45) is 0 Å². The number of nitrogens with zero attached hydrogens (tertiary/aromatic N) is 2. The van der Waals surface area contributed by atoms with Crippen LogP contribution >= 0.6 is 22.9 Å². The molecule has 2 heterocycles. The highest BCUT2D eigenvalue weighted by molar-refractivity contribution is 7.20. The summed E-state index contributed by atoms with van der Waals surface area (Å²) < 4.78 is 7.11. The first-order chi connectivity index (χ1) is 13.6. The molecule has 0 unspecified atom stereocenters. The highest BCUT2D eigenvalue weighted by Gasteiger charge is 2.25. The minimum absolute atomic E-state index is 0.0900. The Morgan fingerprint density at radius 1 is 1.18 bits per heavy atom. The van der Waals surface area contributed by atoms with Gasteiger partial charge in [-0.1, -0.05) is 60.2 Å². The van der Waals surface area contributed by atoms with E-state index in [0.29, 0.717) is 16.6 Å². The molecule has 1 fully saturated rings. The number of rotatable bonds is 5. The Kier molecular flexibility index (Phi) is 5.83. The van der Waals surface area contributed by atoms with Crippen molar-refractivity contribution in [1.82, 2.24) is 9.88 Å². The monoisotopic (exact) mass is 414 g/mol. The number of hydrogen-bond acceptors (Lipinski definition) is 4. The lowest BCUT2D eigenvalue weighted by Crippen LogP contribution is -2.42. The third kappa shape index (κ3) is 4.31. The van der Waals surface area contributed by atoms with E-state index in [1.165, 1.54) is 16.9 Å². The number of piperidine rings is 1. The van der Waals surface area contributed by atoms with Gasteiger partial charge in [0.25, 0.3) is 5.19 Å². The summed E-state index contributed by atoms with van der Waals surface area (Å²) in [6.07, 6.45) is 3.22. The zero-order chi connectivity index (χ0) is 19.5. The van der Waals surface area contributed by atoms with Gasteiger partial charge in [0.2, 0.25) is 5.91 Å². The fourth-order valence-electron chi connectivity index (χ4n) is 3.49. The number of hydrogen-bond donors (Lipinski definition) is 0. The topological polar surface area (TPSA) is 42.4 Å². The Morgan fingerprint density at radius 2 is 1.89 bits per heavy atom. The normalized spacial score (nSPS) is 15.1. The van der Waals surface area contributed by atoms with Crippen LogP contribution in [-0.4, -0.2) is 35.0 Å². The first-order valence-electron chi connectivity index (χ1n) is 9.69. The van der Waals surface area contributed by atoms with E-state index in [9.17, 15) is 4.79 Å². The van der Waals surface area contributed by atoms with E-state index in [0.717, 1.165) is 48.1 Å². The van der Waals surface area contributed by atoms with Crippen molar-refractivity contribution in [3.63, 3.8) is 0 Å². The van der Waals surface area contributed by atoms with Gasteiger partial charge in [0, 0.05) is 25.9 Å². The Balaban J connectivity index is 1.30. The highest BCUT2D eigenvalue weighted by Crippen LogP contribution is 2.33. The van der Waals surface area contributed by atoms with Gasteiger partial charge in [-0.15, -0.1) is 0 Å². The standard InChI is InChI=1S/C22H23ClN2O2S/c1-2-15-6-8-16(9-7-15)14-20(26)25-12-10-17(11-13-25)27-22-24-21-18(23)4-3-5-19(21)28-22/h3-9,17H,2,10-14H2,1H3. The summed E-state index contributed by atoms with van der Waals surface area (Å²) in [6, 6.07) is 14.1. The number of carbonyl (C=O) groups is 1. The van der Waals surface area contributed by atoms with E-state index in [2.05, 4.69) is 36.2 Å². The van der Waals surface area contributed by atoms with Crippen LogP contribution in [0.3, 0.4) is 0 Å². The number of aromatic nitrogens is 1. The number of para-hydroxylation sites is 1. The molecule has 0 saturated carbocycles. The predicted octanol–water partition coefficient (Wildman–Crippen LogP) is 5.12. The van der Waals surface area contributed by atoms with Gasteiger partial charge < -0.3 is 9.64 Å². The molecule has 1 saturated heterocycles. The van der Waals surface area contributed by atoms with E-state index in [1.807, 2.05) is 23.1 Å². The summed E-state index contributed by atoms with van der Waals surface area (Å²) in [5.41, 5.74) is 3.17. The molecule has 146 valence electrons. The predicted molar refractivity (Wildman–Crippen MR) is 114 cm³/mol. The second-order valence-corrected chi connectivity index (χ2v) is 8.51. The van der Waals surface area contributed by atoms with Crippen LogP contribution in [0, 0.1) is 0 Å². The van der Waals surface area contributed by atoms with Crippen molar-refractivity contribution in [1.29, 1.82) is 0 Å². The van der Waals surface area contributed by atoms with Gasteiger partial charge in [0.05, 0.1) is 16.1 Å². The molecule has 0 N–H and O–H groups in total. The number of ether oxygens (including phenoxy) is 1. The lowest BCUT2D eigenvalue weighted by Gasteiger charge is -2.31. The van der Waals surface area contributed by atoms with Crippen LogP contribution in [-0.2, 0) is 17.6 Å². The molecule has 28 heavy (non-hydrogen) atoms. The number of amides is 1. The lowest BCUT2D eigenvalue weighted by atomic mass is 10.0. The van der Waals surface area contributed by atoms with Crippen LogP contribution in [0.2, 0.25) is 5.02 Å². The fourth-order valence-corrected chi connectivity index (χ4v) is 4.67. The van der Waals surface area contributed by atoms with Crippen molar-refractivity contribution < 1.29 is 9.53 Å². The summed E-state index contributed by atoms with van der Waals surface area (Å²) in [5, 5.41) is 1.31. The molecule has 3 aromatic rings. The van der Waals surface area contributed by atoms with E-state index >= 15 is 0 Å². The van der Waals surface area contributed by atoms with Crippen LogP contribution in [0.1, 0.15) is 30.9 Å². The van der Waals surface area contributed by atoms with E-state index in [4.69, 9.17) is 16.3 Å². The van der Waals surface area contributed by atoms with Crippen molar-refractivity contribution in [3.05, 3.63) is 58.6 Å². The average Bonchev–Trinajstić information content (AvgIpc) is 3.13. The van der Waals surface area contributed by atoms with E-state index < -0.39 is 0 Å². The van der Waals surface area contributed by atoms with E-state index in [-0.39, 0.29) is 12.0 Å². The quantitative estimate of drug-likeness (QED) is 0.581. The Bertz CT molecular complexity index is 962. The molecular formula is C22H23ClN2O2S. The molecule has 1 aliphatic heterocycles. The van der Waals surface area contributed by atoms with Gasteiger partial charge in [0.15, 0.2) is 0 Å². The molecule has 0 aliphatic carbocycles. The summed E-state index contributed by atoms with van der Waals surface area (Å²) in [4.78, 5) is 19.1. The molecule has 0 atom stereocenters. The summed E-state index contributed by atoms with van der Waals surface area (Å²) >= 11 is 7.71. The second kappa shape index (κ2) is 8.50. The molecule has 2 aromatic carbocycles. The van der Waals surface area contributed by atoms with Crippen molar-refractivity contribution in [3.8, 4) is 5.19 Å². The van der Waals surface area contributed by atoms with Crippen molar-refractivity contribution in [2.45, 2.75) is 38.7 Å². The summed E-state index contributed by atoms with van der Waals surface area (Å²) in [6.45, 7) is 3.58. The molecule has 0 spiro atoms. The van der Waals surface area contributed by atoms with Gasteiger partial charge in [-0.05, 0) is 29.7 Å². The summed E-state index contributed by atoms with van der Waals surface area (Å²) in [7, 11) is 0. The maximum Gasteiger partial charge on any atom is 0.274 e. The van der Waals surface area contributed by atoms with Crippen LogP contribution in [0.25, 0.3) is 10.2 Å². The number of benzene rings is 2. The molecule has 1 aliphatic rings. The second-order valence-electron chi connectivity index (χ2n) is 7.11. The number of likely N-dealkylation sites (tertiary alicyclic amines) is 1. The van der Waals surface area contributed by atoms with Crippen LogP contribution in [0.15, 0.2) is 42.5 Å². The Labute approximate surface area is 174 Å². The number of carbonyl (C=O) groups excluding carboxylic acids is 1. The lowest BCUT2D eigenvalue weighted by molar-refractivity contribution is -0.132. The highest BCUT2D eigenvalue weighted by atomic mass is 35.5. The number of halogens is 1. The minimum Gasteiger partial charge on any atom is -0.467 e. The minimum atomic E-state index is 0.0900. The zero-order valence-electron chi connectivity index (χ0n) is 15.9. The average molecular weight is 415 g/mol. The number of thiazole rings is 1. The van der Waals surface area contributed by atoms with Crippen LogP contribution < -0.4 is 4.74 Å². The molecule has 0 radical (unpaired) electrons. The van der Waals surface area contributed by atoms with Crippen molar-refractivity contribution >= 4 is 39.1 Å². The molecule has 1 amide bonds. The van der Waals surface area contributed by atoms with Crippen molar-refractivity contribution in [2.75, 3.05) is 13.1 Å². The molecule has 1 aromatic heterocycles.